The summed E-state index contributed by atoms with van der Waals surface area (Å²) in [6, 6.07) is 21.4. The molecule has 0 saturated carbocycles. The average molecular weight is 733 g/mol. The van der Waals surface area contributed by atoms with E-state index < -0.39 is 5.41 Å². The molecule has 14 heteroatoms. The van der Waals surface area contributed by atoms with Gasteiger partial charge in [0, 0.05) is 44.7 Å². The summed E-state index contributed by atoms with van der Waals surface area (Å²) in [7, 11) is 1.56. The molecule has 1 unspecified atom stereocenters. The molecule has 0 radical (unpaired) electrons. The van der Waals surface area contributed by atoms with Crippen LogP contribution in [0.25, 0.3) is 5.69 Å². The maximum absolute atomic E-state index is 14.2. The van der Waals surface area contributed by atoms with Gasteiger partial charge in [-0.15, -0.1) is 5.10 Å². The van der Waals surface area contributed by atoms with E-state index in [2.05, 4.69) is 43.3 Å². The van der Waals surface area contributed by atoms with E-state index >= 15 is 0 Å². The summed E-state index contributed by atoms with van der Waals surface area (Å²) in [4.78, 5) is 32.6. The predicted octanol–water partition coefficient (Wildman–Crippen LogP) is 4.12. The van der Waals surface area contributed by atoms with Crippen molar-refractivity contribution in [2.45, 2.75) is 36.5 Å². The lowest BCUT2D eigenvalue weighted by atomic mass is 9.71. The number of likely N-dealkylation sites (tertiary alicyclic amines) is 2. The molecule has 51 heavy (non-hydrogen) atoms. The van der Waals surface area contributed by atoms with Crippen LogP contribution in [-0.4, -0.2) is 113 Å². The second kappa shape index (κ2) is 15.3. The van der Waals surface area contributed by atoms with Crippen LogP contribution >= 0.6 is 23.2 Å². The Kier molecular flexibility index (Phi) is 10.6. The van der Waals surface area contributed by atoms with Crippen molar-refractivity contribution in [1.82, 2.24) is 45.8 Å². The number of tetrazole rings is 1. The average Bonchev–Trinajstić information content (AvgIpc) is 3.88. The van der Waals surface area contributed by atoms with Gasteiger partial charge in [0.1, 0.15) is 12.1 Å². The molecule has 1 atom stereocenters. The molecule has 2 N–H and O–H groups in total. The van der Waals surface area contributed by atoms with E-state index in [1.807, 2.05) is 52.4 Å². The zero-order valence-corrected chi connectivity index (χ0v) is 30.2. The van der Waals surface area contributed by atoms with Crippen LogP contribution in [0.2, 0.25) is 10.0 Å². The van der Waals surface area contributed by atoms with Crippen LogP contribution in [0.1, 0.15) is 47.2 Å². The third-order valence-corrected chi connectivity index (χ3v) is 11.7. The van der Waals surface area contributed by atoms with Crippen molar-refractivity contribution in [3.63, 3.8) is 0 Å². The first-order chi connectivity index (χ1) is 24.8. The number of amides is 2. The molecule has 4 heterocycles. The topological polar surface area (TPSA) is 121 Å². The van der Waals surface area contributed by atoms with Crippen molar-refractivity contribution >= 4 is 35.0 Å². The molecule has 12 nitrogen and oxygen atoms in total. The molecule has 3 aromatic carbocycles. The number of benzene rings is 3. The lowest BCUT2D eigenvalue weighted by Crippen LogP contribution is -2.59. The molecule has 0 aliphatic carbocycles. The van der Waals surface area contributed by atoms with Crippen molar-refractivity contribution in [2.75, 3.05) is 66.0 Å². The summed E-state index contributed by atoms with van der Waals surface area (Å²) in [5, 5.41) is 17.8. The highest BCUT2D eigenvalue weighted by Crippen LogP contribution is 2.42. The molecule has 7 rings (SSSR count). The minimum Gasteiger partial charge on any atom is -0.496 e. The SMILES string of the molecule is COc1ccc(-n2cnnn2)cc1C(=O)N1CCC(CCN2CCC(C(=O)NN3CCNCC3)(c3ccccc3)CC2)(c2ccc(Cl)c(Cl)c2)C1. The Morgan fingerprint density at radius 3 is 2.39 bits per heavy atom. The quantitative estimate of drug-likeness (QED) is 0.248. The van der Waals surface area contributed by atoms with Crippen LogP contribution < -0.4 is 15.5 Å². The molecule has 2 amide bonds. The molecule has 0 bridgehead atoms. The van der Waals surface area contributed by atoms with Gasteiger partial charge in [-0.1, -0.05) is 59.6 Å². The van der Waals surface area contributed by atoms with E-state index in [0.717, 1.165) is 82.6 Å². The Hall–Kier alpha value is -4.07. The van der Waals surface area contributed by atoms with Crippen molar-refractivity contribution in [3.05, 3.63) is 99.8 Å². The number of carbonyl (C=O) groups excluding carboxylic acids is 2. The van der Waals surface area contributed by atoms with Crippen LogP contribution in [0.5, 0.6) is 5.75 Å². The smallest absolute Gasteiger partial charge is 0.257 e. The number of piperazine rings is 1. The predicted molar refractivity (Wildman–Crippen MR) is 195 cm³/mol. The zero-order valence-electron chi connectivity index (χ0n) is 28.7. The van der Waals surface area contributed by atoms with Crippen molar-refractivity contribution < 1.29 is 14.3 Å². The fourth-order valence-corrected chi connectivity index (χ4v) is 8.17. The van der Waals surface area contributed by atoms with Gasteiger partial charge in [0.25, 0.3) is 5.91 Å². The van der Waals surface area contributed by atoms with Crippen LogP contribution in [0.15, 0.2) is 73.1 Å². The van der Waals surface area contributed by atoms with Crippen molar-refractivity contribution in [1.29, 1.82) is 0 Å². The number of aromatic nitrogens is 4. The summed E-state index contributed by atoms with van der Waals surface area (Å²) >= 11 is 13.0. The third-order valence-electron chi connectivity index (χ3n) is 11.0. The van der Waals surface area contributed by atoms with Crippen LogP contribution in [0.4, 0.5) is 0 Å². The molecule has 3 aliphatic heterocycles. The van der Waals surface area contributed by atoms with Gasteiger partial charge < -0.3 is 19.9 Å². The summed E-state index contributed by atoms with van der Waals surface area (Å²) in [5.74, 6) is 0.442. The minimum absolute atomic E-state index is 0.0760. The molecular formula is C37H43Cl2N9O3. The first kappa shape index (κ1) is 35.3. The number of methoxy groups -OCH3 is 1. The summed E-state index contributed by atoms with van der Waals surface area (Å²) in [5.41, 5.74) is 5.55. The van der Waals surface area contributed by atoms with Crippen LogP contribution in [-0.2, 0) is 15.6 Å². The van der Waals surface area contributed by atoms with E-state index in [1.165, 1.54) is 11.0 Å². The van der Waals surface area contributed by atoms with Gasteiger partial charge in [-0.25, -0.2) is 9.69 Å². The molecule has 3 fully saturated rings. The lowest BCUT2D eigenvalue weighted by Gasteiger charge is -2.43. The van der Waals surface area contributed by atoms with E-state index in [-0.39, 0.29) is 17.2 Å². The largest absolute Gasteiger partial charge is 0.496 e. The lowest BCUT2D eigenvalue weighted by molar-refractivity contribution is -0.134. The van der Waals surface area contributed by atoms with Crippen molar-refractivity contribution in [2.24, 2.45) is 0 Å². The van der Waals surface area contributed by atoms with Gasteiger partial charge in [0.15, 0.2) is 0 Å². The van der Waals surface area contributed by atoms with Gasteiger partial charge in [-0.3, -0.25) is 15.0 Å². The Morgan fingerprint density at radius 1 is 0.902 bits per heavy atom. The third kappa shape index (κ3) is 7.33. The number of piperidine rings is 1. The fourth-order valence-electron chi connectivity index (χ4n) is 7.87. The standard InChI is InChI=1S/C37H43Cl2N9O3/c1-51-33-10-8-29(48-26-41-43-44-48)24-30(33)34(49)46-20-12-36(25-46,28-7-9-31(38)32(39)23-28)11-17-45-18-13-37(14-19-45,27-5-3-2-4-6-27)35(50)42-47-21-15-40-16-22-47/h2-10,23-24,26,40H,11-22,25H2,1H3,(H,42,50). The number of halogens is 2. The number of hydrogen-bond acceptors (Lipinski definition) is 9. The number of nitrogens with zero attached hydrogens (tertiary/aromatic N) is 7. The minimum atomic E-state index is -0.601. The molecule has 3 aliphatic rings. The van der Waals surface area contributed by atoms with Gasteiger partial charge in [0.2, 0.25) is 5.91 Å². The fraction of sp³-hybridized carbons (Fsp3) is 0.432. The van der Waals surface area contributed by atoms with Crippen LogP contribution in [0.3, 0.4) is 0 Å². The first-order valence-electron chi connectivity index (χ1n) is 17.5. The molecule has 268 valence electrons. The van der Waals surface area contributed by atoms with E-state index in [9.17, 15) is 9.59 Å². The molecule has 4 aromatic rings. The maximum atomic E-state index is 14.2. The number of hydrazine groups is 1. The highest BCUT2D eigenvalue weighted by Gasteiger charge is 2.46. The molecule has 0 spiro atoms. The number of carbonyl (C=O) groups is 2. The van der Waals surface area contributed by atoms with Gasteiger partial charge in [0.05, 0.1) is 33.8 Å². The Labute approximate surface area is 308 Å². The van der Waals surface area contributed by atoms with Gasteiger partial charge in [-0.2, -0.15) is 0 Å². The summed E-state index contributed by atoms with van der Waals surface area (Å²) in [6.45, 7) is 6.75. The number of ether oxygens (including phenoxy) is 1. The van der Waals surface area contributed by atoms with Crippen molar-refractivity contribution in [3.8, 4) is 11.4 Å². The molecule has 3 saturated heterocycles. The summed E-state index contributed by atoms with van der Waals surface area (Å²) < 4.78 is 7.13. The van der Waals surface area contributed by atoms with Gasteiger partial charge in [-0.05, 0) is 97.2 Å². The number of rotatable bonds is 10. The van der Waals surface area contributed by atoms with E-state index in [4.69, 9.17) is 27.9 Å². The highest BCUT2D eigenvalue weighted by atomic mass is 35.5. The second-order valence-electron chi connectivity index (χ2n) is 13.7. The maximum Gasteiger partial charge on any atom is 0.257 e. The van der Waals surface area contributed by atoms with Gasteiger partial charge >= 0.3 is 0 Å². The number of hydrogen-bond donors (Lipinski definition) is 2. The Morgan fingerprint density at radius 2 is 1.69 bits per heavy atom. The Balaban J connectivity index is 1.09. The molecule has 1 aromatic heterocycles. The normalized spacial score (nSPS) is 21.0. The van der Waals surface area contributed by atoms with E-state index in [1.54, 1.807) is 19.2 Å². The van der Waals surface area contributed by atoms with E-state index in [0.29, 0.717) is 40.1 Å². The molecular weight excluding hydrogens is 689 g/mol. The van der Waals surface area contributed by atoms with Crippen LogP contribution in [0, 0.1) is 0 Å². The monoisotopic (exact) mass is 731 g/mol. The number of nitrogens with one attached hydrogen (secondary N) is 2. The zero-order chi connectivity index (χ0) is 35.4. The second-order valence-corrected chi connectivity index (χ2v) is 14.6. The highest BCUT2D eigenvalue weighted by molar-refractivity contribution is 6.42. The summed E-state index contributed by atoms with van der Waals surface area (Å²) in [6.07, 6.45) is 4.50. The Bertz CT molecular complexity index is 1830. The first-order valence-corrected chi connectivity index (χ1v) is 18.3.